The second-order valence-corrected chi connectivity index (χ2v) is 2.39. The van der Waals surface area contributed by atoms with E-state index in [0.717, 1.165) is 0 Å². The number of aliphatic imine (C=N–C) groups is 1. The Labute approximate surface area is 75.0 Å². The van der Waals surface area contributed by atoms with Crippen molar-refractivity contribution in [3.8, 4) is 5.75 Å². The molecule has 4 nitrogen and oxygen atoms in total. The molecule has 0 aliphatic carbocycles. The minimum Gasteiger partial charge on any atom is -0.497 e. The third-order valence-corrected chi connectivity index (χ3v) is 1.35. The van der Waals surface area contributed by atoms with E-state index in [-0.39, 0.29) is 5.96 Å². The number of benzene rings is 1. The number of hydrogen-bond acceptors (Lipinski definition) is 2. The fourth-order valence-corrected chi connectivity index (χ4v) is 0.879. The third-order valence-electron chi connectivity index (χ3n) is 1.35. The minimum absolute atomic E-state index is 0.118. The molecular weight excluding hydrogens is 173 g/mol. The van der Waals surface area contributed by atoms with Crippen molar-refractivity contribution < 1.29 is 9.13 Å². The monoisotopic (exact) mass is 183 g/mol. The fourth-order valence-electron chi connectivity index (χ4n) is 0.879. The van der Waals surface area contributed by atoms with E-state index in [4.69, 9.17) is 16.2 Å². The maximum Gasteiger partial charge on any atom is 0.191 e. The molecule has 0 heterocycles. The molecule has 0 atom stereocenters. The molecule has 0 aliphatic rings. The summed E-state index contributed by atoms with van der Waals surface area (Å²) < 4.78 is 17.7. The summed E-state index contributed by atoms with van der Waals surface area (Å²) in [6.07, 6.45) is 0. The molecular formula is C8H10FN3O. The molecule has 0 bridgehead atoms. The average molecular weight is 183 g/mol. The molecule has 0 radical (unpaired) electrons. The molecule has 0 saturated heterocycles. The minimum atomic E-state index is -0.445. The molecule has 0 amide bonds. The van der Waals surface area contributed by atoms with Crippen LogP contribution in [0.1, 0.15) is 0 Å². The predicted molar refractivity (Wildman–Crippen MR) is 48.4 cm³/mol. The van der Waals surface area contributed by atoms with Gasteiger partial charge in [0, 0.05) is 12.1 Å². The van der Waals surface area contributed by atoms with Crippen molar-refractivity contribution in [1.29, 1.82) is 0 Å². The van der Waals surface area contributed by atoms with Crippen LogP contribution in [0.15, 0.2) is 23.2 Å². The molecule has 0 aliphatic heterocycles. The molecule has 4 N–H and O–H groups in total. The van der Waals surface area contributed by atoms with Gasteiger partial charge in [0.25, 0.3) is 0 Å². The van der Waals surface area contributed by atoms with Crippen molar-refractivity contribution in [2.24, 2.45) is 16.5 Å². The zero-order valence-corrected chi connectivity index (χ0v) is 7.12. The maximum atomic E-state index is 12.8. The highest BCUT2D eigenvalue weighted by Crippen LogP contribution is 2.21. The Bertz CT molecular complexity index is 334. The van der Waals surface area contributed by atoms with Gasteiger partial charge in [-0.3, -0.25) is 0 Å². The second-order valence-electron chi connectivity index (χ2n) is 2.39. The Hall–Kier alpha value is -1.78. The Morgan fingerprint density at radius 3 is 2.62 bits per heavy atom. The Balaban J connectivity index is 3.09. The standard InChI is InChI=1S/C8H10FN3O/c1-13-7-3-5(9)2-6(4-7)12-8(10)11/h2-4H,1H3,(H4,10,11,12). The van der Waals surface area contributed by atoms with Crippen LogP contribution in [0, 0.1) is 5.82 Å². The lowest BCUT2D eigenvalue weighted by Crippen LogP contribution is -2.21. The lowest BCUT2D eigenvalue weighted by molar-refractivity contribution is 0.411. The van der Waals surface area contributed by atoms with Crippen molar-refractivity contribution in [2.45, 2.75) is 0 Å². The number of nitrogens with zero attached hydrogens (tertiary/aromatic N) is 1. The van der Waals surface area contributed by atoms with Crippen LogP contribution in [0.2, 0.25) is 0 Å². The van der Waals surface area contributed by atoms with Gasteiger partial charge in [-0.25, -0.2) is 9.38 Å². The topological polar surface area (TPSA) is 73.6 Å². The van der Waals surface area contributed by atoms with Crippen molar-refractivity contribution in [3.05, 3.63) is 24.0 Å². The van der Waals surface area contributed by atoms with E-state index >= 15 is 0 Å². The van der Waals surface area contributed by atoms with Crippen molar-refractivity contribution in [3.63, 3.8) is 0 Å². The SMILES string of the molecule is COc1cc(F)cc(N=C(N)N)c1. The average Bonchev–Trinajstić information content (AvgIpc) is 2.01. The van der Waals surface area contributed by atoms with Gasteiger partial charge in [0.2, 0.25) is 0 Å². The molecule has 5 heteroatoms. The largest absolute Gasteiger partial charge is 0.497 e. The summed E-state index contributed by atoms with van der Waals surface area (Å²) in [5.41, 5.74) is 10.6. The lowest BCUT2D eigenvalue weighted by Gasteiger charge is -2.01. The highest BCUT2D eigenvalue weighted by molar-refractivity contribution is 5.79. The maximum absolute atomic E-state index is 12.8. The lowest BCUT2D eigenvalue weighted by atomic mass is 10.3. The molecule has 0 aromatic heterocycles. The number of halogens is 1. The van der Waals surface area contributed by atoms with Crippen LogP contribution in [0.25, 0.3) is 0 Å². The van der Waals surface area contributed by atoms with Crippen molar-refractivity contribution in [2.75, 3.05) is 7.11 Å². The van der Waals surface area contributed by atoms with Crippen LogP contribution in [-0.4, -0.2) is 13.1 Å². The van der Waals surface area contributed by atoms with E-state index in [9.17, 15) is 4.39 Å². The van der Waals surface area contributed by atoms with Gasteiger partial charge in [-0.05, 0) is 6.07 Å². The van der Waals surface area contributed by atoms with Gasteiger partial charge >= 0.3 is 0 Å². The molecule has 70 valence electrons. The van der Waals surface area contributed by atoms with Crippen LogP contribution < -0.4 is 16.2 Å². The first-order valence-electron chi connectivity index (χ1n) is 3.56. The summed E-state index contributed by atoms with van der Waals surface area (Å²) in [7, 11) is 1.44. The molecule has 1 aromatic carbocycles. The quantitative estimate of drug-likeness (QED) is 0.524. The first kappa shape index (κ1) is 9.31. The summed E-state index contributed by atoms with van der Waals surface area (Å²) in [5.74, 6) is -0.188. The van der Waals surface area contributed by atoms with Crippen LogP contribution in [-0.2, 0) is 0 Å². The number of hydrogen-bond donors (Lipinski definition) is 2. The highest BCUT2D eigenvalue weighted by atomic mass is 19.1. The van der Waals surface area contributed by atoms with Gasteiger partial charge in [0.1, 0.15) is 11.6 Å². The molecule has 0 unspecified atom stereocenters. The van der Waals surface area contributed by atoms with Gasteiger partial charge in [-0.15, -0.1) is 0 Å². The molecule has 1 aromatic rings. The van der Waals surface area contributed by atoms with E-state index in [1.54, 1.807) is 0 Å². The number of nitrogens with two attached hydrogens (primary N) is 2. The van der Waals surface area contributed by atoms with Crippen LogP contribution in [0.3, 0.4) is 0 Å². The number of methoxy groups -OCH3 is 1. The Morgan fingerprint density at radius 1 is 1.38 bits per heavy atom. The zero-order chi connectivity index (χ0) is 9.84. The van der Waals surface area contributed by atoms with Gasteiger partial charge in [0.05, 0.1) is 12.8 Å². The number of ether oxygens (including phenoxy) is 1. The van der Waals surface area contributed by atoms with Crippen LogP contribution in [0.5, 0.6) is 5.75 Å². The van der Waals surface area contributed by atoms with Crippen molar-refractivity contribution >= 4 is 11.6 Å². The summed E-state index contributed by atoms with van der Waals surface area (Å²) in [6, 6.07) is 3.98. The fraction of sp³-hybridized carbons (Fsp3) is 0.125. The van der Waals surface area contributed by atoms with Gasteiger partial charge in [-0.2, -0.15) is 0 Å². The zero-order valence-electron chi connectivity index (χ0n) is 7.12. The third kappa shape index (κ3) is 2.62. The predicted octanol–water partition coefficient (Wildman–Crippen LogP) is 0.739. The summed E-state index contributed by atoms with van der Waals surface area (Å²) in [5, 5.41) is 0. The van der Waals surface area contributed by atoms with Crippen molar-refractivity contribution in [1.82, 2.24) is 0 Å². The molecule has 13 heavy (non-hydrogen) atoms. The molecule has 0 fully saturated rings. The highest BCUT2D eigenvalue weighted by Gasteiger charge is 1.99. The molecule has 1 rings (SSSR count). The second kappa shape index (κ2) is 3.75. The summed E-state index contributed by atoms with van der Waals surface area (Å²) >= 11 is 0. The Kier molecular flexibility index (Phi) is 2.69. The first-order chi connectivity index (χ1) is 6.11. The summed E-state index contributed by atoms with van der Waals surface area (Å²) in [6.45, 7) is 0. The Morgan fingerprint density at radius 2 is 2.08 bits per heavy atom. The molecule has 0 saturated carbocycles. The van der Waals surface area contributed by atoms with E-state index in [2.05, 4.69) is 4.99 Å². The van der Waals surface area contributed by atoms with Gasteiger partial charge in [-0.1, -0.05) is 0 Å². The van der Waals surface area contributed by atoms with Crippen LogP contribution >= 0.6 is 0 Å². The van der Waals surface area contributed by atoms with Gasteiger partial charge in [0.15, 0.2) is 5.96 Å². The summed E-state index contributed by atoms with van der Waals surface area (Å²) in [4.78, 5) is 3.68. The first-order valence-corrected chi connectivity index (χ1v) is 3.56. The van der Waals surface area contributed by atoms with Crippen LogP contribution in [0.4, 0.5) is 10.1 Å². The normalized spacial score (nSPS) is 9.38. The van der Waals surface area contributed by atoms with E-state index in [0.29, 0.717) is 11.4 Å². The van der Waals surface area contributed by atoms with Gasteiger partial charge < -0.3 is 16.2 Å². The molecule has 0 spiro atoms. The smallest absolute Gasteiger partial charge is 0.191 e. The van der Waals surface area contributed by atoms with E-state index < -0.39 is 5.82 Å². The van der Waals surface area contributed by atoms with E-state index in [1.807, 2.05) is 0 Å². The number of guanidine groups is 1. The van der Waals surface area contributed by atoms with E-state index in [1.165, 1.54) is 25.3 Å². The number of rotatable bonds is 2.